The zero-order chi connectivity index (χ0) is 12.3. The minimum Gasteiger partial charge on any atom is -0.465 e. The average Bonchev–Trinajstić information content (AvgIpc) is 2.80. The number of piperidine rings is 1. The molecular weight excluding hydrogens is 231 g/mol. The van der Waals surface area contributed by atoms with Gasteiger partial charge in [-0.05, 0) is 6.42 Å². The molecule has 0 aromatic heterocycles. The van der Waals surface area contributed by atoms with Crippen LogP contribution in [0.1, 0.15) is 6.42 Å². The number of alkyl halides is 1. The third-order valence-electron chi connectivity index (χ3n) is 2.87. The number of hydrogen-bond donors (Lipinski definition) is 2. The van der Waals surface area contributed by atoms with Gasteiger partial charge >= 0.3 is 6.09 Å². The fourth-order valence-electron chi connectivity index (χ4n) is 1.92. The second-order valence-electron chi connectivity index (χ2n) is 4.02. The molecule has 0 aromatic rings. The van der Waals surface area contributed by atoms with E-state index in [-0.39, 0.29) is 12.6 Å². The van der Waals surface area contributed by atoms with Gasteiger partial charge in [-0.25, -0.2) is 9.18 Å². The number of carboxylic acid groups (broad SMARTS) is 1. The summed E-state index contributed by atoms with van der Waals surface area (Å²) in [5.74, 6) is 0. The second-order valence-corrected chi connectivity index (χ2v) is 4.02. The molecule has 96 valence electrons. The summed E-state index contributed by atoms with van der Waals surface area (Å²) >= 11 is 0. The summed E-state index contributed by atoms with van der Waals surface area (Å²) in [5.41, 5.74) is 0. The lowest BCUT2D eigenvalue weighted by molar-refractivity contribution is -0.0259. The smallest absolute Gasteiger partial charge is 0.407 e. The lowest BCUT2D eigenvalue weighted by Crippen LogP contribution is -2.53. The van der Waals surface area contributed by atoms with Crippen molar-refractivity contribution < 1.29 is 23.8 Å². The van der Waals surface area contributed by atoms with E-state index in [1.807, 2.05) is 0 Å². The molecule has 0 aromatic carbocycles. The fraction of sp³-hybridized carbons (Fsp3) is 0.700. The van der Waals surface area contributed by atoms with E-state index in [0.29, 0.717) is 19.5 Å². The number of nitrogens with one attached hydrogen (secondary N) is 1. The summed E-state index contributed by atoms with van der Waals surface area (Å²) in [6, 6.07) is -0.349. The molecule has 7 heteroatoms. The number of carbonyl (C=O) groups is 1. The Kier molecular flexibility index (Phi) is 3.68. The van der Waals surface area contributed by atoms with Crippen LogP contribution in [0.25, 0.3) is 0 Å². The van der Waals surface area contributed by atoms with E-state index in [4.69, 9.17) is 14.6 Å². The first-order valence-electron chi connectivity index (χ1n) is 5.48. The van der Waals surface area contributed by atoms with Crippen molar-refractivity contribution >= 4 is 6.09 Å². The molecule has 0 spiro atoms. The number of likely N-dealkylation sites (tertiary alicyclic amines) is 1. The van der Waals surface area contributed by atoms with Crippen molar-refractivity contribution in [1.82, 2.24) is 10.2 Å². The topological polar surface area (TPSA) is 71.0 Å². The van der Waals surface area contributed by atoms with Crippen LogP contribution in [0, 0.1) is 0 Å². The number of hydrogen-bond acceptors (Lipinski definition) is 4. The summed E-state index contributed by atoms with van der Waals surface area (Å²) in [6.07, 6.45) is 0.637. The maximum Gasteiger partial charge on any atom is 0.407 e. The molecule has 1 fully saturated rings. The van der Waals surface area contributed by atoms with Gasteiger partial charge in [-0.2, -0.15) is 0 Å². The second kappa shape index (κ2) is 5.22. The van der Waals surface area contributed by atoms with Crippen LogP contribution in [0.5, 0.6) is 0 Å². The SMILES string of the molecule is O=C(O)N1CC[C@@H](NCC2OC=CO2)[C@@H](F)C1. The summed E-state index contributed by atoms with van der Waals surface area (Å²) < 4.78 is 23.8. The highest BCUT2D eigenvalue weighted by Gasteiger charge is 2.31. The Hall–Kier alpha value is -1.50. The largest absolute Gasteiger partial charge is 0.465 e. The molecule has 1 amide bonds. The maximum atomic E-state index is 13.7. The lowest BCUT2D eigenvalue weighted by Gasteiger charge is -2.33. The number of halogens is 1. The van der Waals surface area contributed by atoms with E-state index >= 15 is 0 Å². The molecule has 0 saturated carbocycles. The third-order valence-corrected chi connectivity index (χ3v) is 2.87. The average molecular weight is 246 g/mol. The van der Waals surface area contributed by atoms with E-state index in [0.717, 1.165) is 4.90 Å². The molecule has 0 bridgehead atoms. The minimum atomic E-state index is -1.20. The Balaban J connectivity index is 1.73. The molecule has 0 aliphatic carbocycles. The van der Waals surface area contributed by atoms with Crippen molar-refractivity contribution in [2.45, 2.75) is 24.9 Å². The predicted molar refractivity (Wildman–Crippen MR) is 56.0 cm³/mol. The van der Waals surface area contributed by atoms with Crippen LogP contribution < -0.4 is 5.32 Å². The number of rotatable bonds is 3. The normalized spacial score (nSPS) is 28.9. The molecule has 2 atom stereocenters. The first-order chi connectivity index (χ1) is 8.16. The fourth-order valence-corrected chi connectivity index (χ4v) is 1.92. The highest BCUT2D eigenvalue weighted by molar-refractivity contribution is 5.65. The van der Waals surface area contributed by atoms with Gasteiger partial charge in [0.2, 0.25) is 0 Å². The van der Waals surface area contributed by atoms with Crippen molar-refractivity contribution in [1.29, 1.82) is 0 Å². The lowest BCUT2D eigenvalue weighted by atomic mass is 10.0. The van der Waals surface area contributed by atoms with Crippen LogP contribution in [0.2, 0.25) is 0 Å². The van der Waals surface area contributed by atoms with Crippen LogP contribution in [0.15, 0.2) is 12.5 Å². The highest BCUT2D eigenvalue weighted by atomic mass is 19.1. The molecule has 0 radical (unpaired) electrons. The van der Waals surface area contributed by atoms with Gasteiger partial charge in [0.15, 0.2) is 0 Å². The highest BCUT2D eigenvalue weighted by Crippen LogP contribution is 2.15. The van der Waals surface area contributed by atoms with E-state index in [1.165, 1.54) is 12.5 Å². The van der Waals surface area contributed by atoms with Gasteiger partial charge in [0.25, 0.3) is 6.29 Å². The van der Waals surface area contributed by atoms with Crippen LogP contribution in [-0.4, -0.2) is 54.2 Å². The monoisotopic (exact) mass is 246 g/mol. The number of ether oxygens (including phenoxy) is 2. The van der Waals surface area contributed by atoms with Crippen LogP contribution >= 0.6 is 0 Å². The van der Waals surface area contributed by atoms with Crippen LogP contribution in [0.3, 0.4) is 0 Å². The van der Waals surface area contributed by atoms with E-state index in [2.05, 4.69) is 5.32 Å². The van der Waals surface area contributed by atoms with Crippen molar-refractivity contribution in [3.8, 4) is 0 Å². The van der Waals surface area contributed by atoms with E-state index in [9.17, 15) is 9.18 Å². The Bertz CT molecular complexity index is 305. The van der Waals surface area contributed by atoms with Gasteiger partial charge in [0.05, 0.1) is 13.1 Å². The molecule has 2 N–H and O–H groups in total. The van der Waals surface area contributed by atoms with Gasteiger partial charge in [0, 0.05) is 12.6 Å². The molecule has 17 heavy (non-hydrogen) atoms. The summed E-state index contributed by atoms with van der Waals surface area (Å²) in [4.78, 5) is 11.8. The van der Waals surface area contributed by atoms with Gasteiger partial charge in [-0.15, -0.1) is 0 Å². The molecular formula is C10H15FN2O4. The van der Waals surface area contributed by atoms with Crippen molar-refractivity contribution in [2.75, 3.05) is 19.6 Å². The first-order valence-corrected chi connectivity index (χ1v) is 5.48. The standard InChI is InChI=1S/C10H15FN2O4/c11-7-6-13(10(14)15)2-1-8(7)12-5-9-16-3-4-17-9/h3-4,7-9,12H,1-2,5-6H2,(H,14,15)/t7-,8+/m0/s1. The van der Waals surface area contributed by atoms with Crippen molar-refractivity contribution in [3.63, 3.8) is 0 Å². The molecule has 1 saturated heterocycles. The molecule has 2 heterocycles. The Morgan fingerprint density at radius 3 is 2.82 bits per heavy atom. The predicted octanol–water partition coefficient (Wildman–Crippen LogP) is 0.510. The van der Waals surface area contributed by atoms with Gasteiger partial charge in [0.1, 0.15) is 18.7 Å². The first kappa shape index (κ1) is 12.0. The van der Waals surface area contributed by atoms with E-state index < -0.39 is 18.6 Å². The zero-order valence-electron chi connectivity index (χ0n) is 9.21. The maximum absolute atomic E-state index is 13.7. The number of amides is 1. The van der Waals surface area contributed by atoms with Gasteiger partial charge in [-0.1, -0.05) is 0 Å². The summed E-state index contributed by atoms with van der Waals surface area (Å²) in [7, 11) is 0. The Labute approximate surface area is 98.0 Å². The zero-order valence-corrected chi connectivity index (χ0v) is 9.21. The Morgan fingerprint density at radius 2 is 2.24 bits per heavy atom. The quantitative estimate of drug-likeness (QED) is 0.759. The molecule has 0 unspecified atom stereocenters. The third kappa shape index (κ3) is 3.00. The van der Waals surface area contributed by atoms with Crippen molar-refractivity contribution in [3.05, 3.63) is 12.5 Å². The van der Waals surface area contributed by atoms with Crippen LogP contribution in [0.4, 0.5) is 9.18 Å². The van der Waals surface area contributed by atoms with Gasteiger partial charge < -0.3 is 24.8 Å². The van der Waals surface area contributed by atoms with Crippen LogP contribution in [-0.2, 0) is 9.47 Å². The van der Waals surface area contributed by atoms with Crippen molar-refractivity contribution in [2.24, 2.45) is 0 Å². The van der Waals surface area contributed by atoms with Gasteiger partial charge in [-0.3, -0.25) is 0 Å². The molecule has 2 aliphatic rings. The summed E-state index contributed by atoms with van der Waals surface area (Å²) in [6.45, 7) is 0.640. The molecule has 2 aliphatic heterocycles. The molecule has 6 nitrogen and oxygen atoms in total. The van der Waals surface area contributed by atoms with E-state index in [1.54, 1.807) is 0 Å². The minimum absolute atomic E-state index is 0.0857. The summed E-state index contributed by atoms with van der Waals surface area (Å²) in [5, 5.41) is 11.7. The Morgan fingerprint density at radius 1 is 1.53 bits per heavy atom. The number of nitrogens with zero attached hydrogens (tertiary/aromatic N) is 1. The molecule has 2 rings (SSSR count).